The Kier molecular flexibility index (Phi) is 6.12. The molecular formula is C28H21N9S. The van der Waals surface area contributed by atoms with Gasteiger partial charge in [0.15, 0.2) is 10.9 Å². The molecule has 10 heteroatoms. The van der Waals surface area contributed by atoms with E-state index in [-0.39, 0.29) is 0 Å². The minimum Gasteiger partial charge on any atom is -0.383 e. The number of aromatic nitrogens is 6. The van der Waals surface area contributed by atoms with Crippen molar-refractivity contribution in [1.29, 1.82) is 0 Å². The Morgan fingerprint density at radius 1 is 0.711 bits per heavy atom. The van der Waals surface area contributed by atoms with E-state index < -0.39 is 0 Å². The van der Waals surface area contributed by atoms with Crippen molar-refractivity contribution in [3.63, 3.8) is 0 Å². The fraction of sp³-hybridized carbons (Fsp3) is 0. The Morgan fingerprint density at radius 3 is 2.18 bits per heavy atom. The summed E-state index contributed by atoms with van der Waals surface area (Å²) < 4.78 is 1.53. The topological polar surface area (TPSA) is 119 Å². The number of benzene rings is 3. The maximum Gasteiger partial charge on any atom is 0.254 e. The number of rotatable bonds is 5. The van der Waals surface area contributed by atoms with E-state index in [0.717, 1.165) is 39.2 Å². The summed E-state index contributed by atoms with van der Waals surface area (Å²) in [5.74, 6) is 1.45. The van der Waals surface area contributed by atoms with Crippen molar-refractivity contribution >= 4 is 40.4 Å². The smallest absolute Gasteiger partial charge is 0.254 e. The number of nitrogens with one attached hydrogen (secondary N) is 2. The van der Waals surface area contributed by atoms with E-state index in [1.54, 1.807) is 6.20 Å². The van der Waals surface area contributed by atoms with Gasteiger partial charge < -0.3 is 16.4 Å². The second-order valence-corrected chi connectivity index (χ2v) is 8.78. The molecule has 0 bridgehead atoms. The Morgan fingerprint density at radius 2 is 1.42 bits per heavy atom. The van der Waals surface area contributed by atoms with Crippen LogP contribution in [0.5, 0.6) is 0 Å². The molecule has 3 aromatic carbocycles. The van der Waals surface area contributed by atoms with Crippen LogP contribution in [-0.2, 0) is 0 Å². The predicted octanol–water partition coefficient (Wildman–Crippen LogP) is 5.31. The first kappa shape index (κ1) is 23.2. The molecule has 0 atom stereocenters. The third-order valence-corrected chi connectivity index (χ3v) is 6.21. The SMILES string of the molecule is Nc1c(-c2ccccc2-c2ccccc2NC(=S)Nc2ccc(-c3ccccc3)nn2)cnc2ncnn12. The second-order valence-electron chi connectivity index (χ2n) is 8.37. The van der Waals surface area contributed by atoms with Crippen molar-refractivity contribution in [1.82, 2.24) is 29.8 Å². The van der Waals surface area contributed by atoms with Gasteiger partial charge in [0.25, 0.3) is 5.78 Å². The molecule has 0 saturated heterocycles. The van der Waals surface area contributed by atoms with E-state index in [0.29, 0.717) is 22.5 Å². The third kappa shape index (κ3) is 4.51. The van der Waals surface area contributed by atoms with E-state index in [9.17, 15) is 0 Å². The van der Waals surface area contributed by atoms with Crippen LogP contribution in [0.15, 0.2) is 104 Å². The standard InChI is InChI=1S/C28H21N9S/c29-26-22(16-30-27-31-17-32-37(26)27)20-11-5-4-10-19(20)21-12-6-7-13-24(21)33-28(38)34-25-15-14-23(35-36-25)18-8-2-1-3-9-18/h1-17H,29H2,(H2,33,34,36,38). The van der Waals surface area contributed by atoms with Crippen molar-refractivity contribution < 1.29 is 0 Å². The number of anilines is 3. The highest BCUT2D eigenvalue weighted by molar-refractivity contribution is 7.80. The van der Waals surface area contributed by atoms with Crippen molar-refractivity contribution in [3.05, 3.63) is 104 Å². The van der Waals surface area contributed by atoms with Crippen LogP contribution in [0.1, 0.15) is 0 Å². The maximum atomic E-state index is 6.46. The monoisotopic (exact) mass is 515 g/mol. The number of hydrogen-bond acceptors (Lipinski definition) is 7. The maximum absolute atomic E-state index is 6.46. The van der Waals surface area contributed by atoms with Crippen LogP contribution in [0.2, 0.25) is 0 Å². The summed E-state index contributed by atoms with van der Waals surface area (Å²) in [6.45, 7) is 0. The summed E-state index contributed by atoms with van der Waals surface area (Å²) in [4.78, 5) is 8.52. The molecule has 6 rings (SSSR count). The summed E-state index contributed by atoms with van der Waals surface area (Å²) in [6, 6.07) is 29.5. The van der Waals surface area contributed by atoms with Crippen LogP contribution in [0.3, 0.4) is 0 Å². The van der Waals surface area contributed by atoms with Crippen molar-refractivity contribution in [2.75, 3.05) is 16.4 Å². The number of nitrogens with zero attached hydrogens (tertiary/aromatic N) is 6. The largest absolute Gasteiger partial charge is 0.383 e. The molecule has 184 valence electrons. The molecule has 3 heterocycles. The zero-order valence-electron chi connectivity index (χ0n) is 20.0. The van der Waals surface area contributed by atoms with Gasteiger partial charge in [0.1, 0.15) is 12.1 Å². The van der Waals surface area contributed by atoms with Gasteiger partial charge in [-0.05, 0) is 41.5 Å². The van der Waals surface area contributed by atoms with Gasteiger partial charge in [-0.25, -0.2) is 4.98 Å². The van der Waals surface area contributed by atoms with Gasteiger partial charge in [-0.3, -0.25) is 0 Å². The molecule has 0 unspecified atom stereocenters. The molecule has 3 aromatic heterocycles. The first-order valence-corrected chi connectivity index (χ1v) is 12.2. The summed E-state index contributed by atoms with van der Waals surface area (Å²) in [5, 5.41) is 19.6. The van der Waals surface area contributed by atoms with Gasteiger partial charge in [0.05, 0.1) is 5.69 Å². The number of hydrogen-bond donors (Lipinski definition) is 3. The minimum atomic E-state index is 0.391. The van der Waals surface area contributed by atoms with Gasteiger partial charge in [-0.15, -0.1) is 10.2 Å². The van der Waals surface area contributed by atoms with Gasteiger partial charge in [-0.1, -0.05) is 72.8 Å². The number of nitrogen functional groups attached to an aromatic ring is 1. The van der Waals surface area contributed by atoms with Crippen molar-refractivity contribution in [3.8, 4) is 33.5 Å². The lowest BCUT2D eigenvalue weighted by molar-refractivity contribution is 0.954. The fourth-order valence-corrected chi connectivity index (χ4v) is 4.43. The van der Waals surface area contributed by atoms with Gasteiger partial charge in [0.2, 0.25) is 0 Å². The van der Waals surface area contributed by atoms with E-state index >= 15 is 0 Å². The zero-order chi connectivity index (χ0) is 25.9. The van der Waals surface area contributed by atoms with Crippen LogP contribution < -0.4 is 16.4 Å². The zero-order valence-corrected chi connectivity index (χ0v) is 20.8. The molecule has 0 spiro atoms. The van der Waals surface area contributed by atoms with Crippen LogP contribution in [0.25, 0.3) is 39.3 Å². The number of para-hydroxylation sites is 1. The first-order valence-electron chi connectivity index (χ1n) is 11.8. The second kappa shape index (κ2) is 10.0. The lowest BCUT2D eigenvalue weighted by Crippen LogP contribution is -2.20. The highest BCUT2D eigenvalue weighted by atomic mass is 32.1. The summed E-state index contributed by atoms with van der Waals surface area (Å²) >= 11 is 5.61. The van der Waals surface area contributed by atoms with E-state index in [1.165, 1.54) is 10.8 Å². The van der Waals surface area contributed by atoms with Crippen LogP contribution in [0.4, 0.5) is 17.3 Å². The molecule has 38 heavy (non-hydrogen) atoms. The lowest BCUT2D eigenvalue weighted by Gasteiger charge is -2.17. The quantitative estimate of drug-likeness (QED) is 0.263. The van der Waals surface area contributed by atoms with Gasteiger partial charge in [0, 0.05) is 28.6 Å². The molecule has 6 aromatic rings. The highest BCUT2D eigenvalue weighted by Gasteiger charge is 2.16. The number of thiocarbonyl (C=S) groups is 1. The Balaban J connectivity index is 1.27. The molecule has 4 N–H and O–H groups in total. The van der Waals surface area contributed by atoms with Crippen molar-refractivity contribution in [2.24, 2.45) is 0 Å². The summed E-state index contributed by atoms with van der Waals surface area (Å²) in [5.41, 5.74) is 12.6. The molecule has 0 aliphatic carbocycles. The Bertz CT molecular complexity index is 1750. The van der Waals surface area contributed by atoms with Crippen molar-refractivity contribution in [2.45, 2.75) is 0 Å². The summed E-state index contributed by atoms with van der Waals surface area (Å²) in [7, 11) is 0. The Hall–Kier alpha value is -5.22. The molecule has 9 nitrogen and oxygen atoms in total. The Labute approximate surface area is 223 Å². The summed E-state index contributed by atoms with van der Waals surface area (Å²) in [6.07, 6.45) is 3.15. The van der Waals surface area contributed by atoms with Crippen LogP contribution in [0, 0.1) is 0 Å². The first-order chi connectivity index (χ1) is 18.7. The molecule has 0 radical (unpaired) electrons. The molecule has 0 amide bonds. The van der Waals surface area contributed by atoms with E-state index in [2.05, 4.69) is 35.9 Å². The molecule has 0 aliphatic heterocycles. The highest BCUT2D eigenvalue weighted by Crippen LogP contribution is 2.38. The fourth-order valence-electron chi connectivity index (χ4n) is 4.21. The predicted molar refractivity (Wildman–Crippen MR) is 153 cm³/mol. The average Bonchev–Trinajstić information content (AvgIpc) is 3.45. The molecular weight excluding hydrogens is 494 g/mol. The van der Waals surface area contributed by atoms with E-state index in [4.69, 9.17) is 18.0 Å². The third-order valence-electron chi connectivity index (χ3n) is 6.00. The average molecular weight is 516 g/mol. The van der Waals surface area contributed by atoms with E-state index in [1.807, 2.05) is 91.0 Å². The van der Waals surface area contributed by atoms with Crippen LogP contribution >= 0.6 is 12.2 Å². The van der Waals surface area contributed by atoms with Crippen LogP contribution in [-0.4, -0.2) is 34.9 Å². The lowest BCUT2D eigenvalue weighted by atomic mass is 9.94. The number of nitrogens with two attached hydrogens (primary N) is 1. The normalized spacial score (nSPS) is 10.8. The molecule has 0 saturated carbocycles. The minimum absolute atomic E-state index is 0.391. The van der Waals surface area contributed by atoms with Gasteiger partial charge >= 0.3 is 0 Å². The van der Waals surface area contributed by atoms with Gasteiger partial charge in [-0.2, -0.15) is 14.6 Å². The number of fused-ring (bicyclic) bond motifs is 1. The molecule has 0 aliphatic rings. The molecule has 0 fully saturated rings.